The lowest BCUT2D eigenvalue weighted by Crippen LogP contribution is -2.39. The fraction of sp³-hybridized carbons (Fsp3) is 0.0909. The molecule has 0 spiro atoms. The molecule has 0 aliphatic carbocycles. The summed E-state index contributed by atoms with van der Waals surface area (Å²) in [5.41, 5.74) is 0.941. The van der Waals surface area contributed by atoms with Crippen molar-refractivity contribution in [2.45, 2.75) is 12.8 Å². The topological polar surface area (TPSA) is 78.4 Å². The Morgan fingerprint density at radius 2 is 1.83 bits per heavy atom. The molecule has 4 rings (SSSR count). The predicted molar refractivity (Wildman–Crippen MR) is 107 cm³/mol. The molecule has 0 atom stereocenters. The van der Waals surface area contributed by atoms with E-state index in [0.29, 0.717) is 26.7 Å². The van der Waals surface area contributed by atoms with Gasteiger partial charge in [0.2, 0.25) is 0 Å². The van der Waals surface area contributed by atoms with E-state index < -0.39 is 23.1 Å². The van der Waals surface area contributed by atoms with Gasteiger partial charge in [-0.3, -0.25) is 15.8 Å². The number of nitrogens with zero attached hydrogens (tertiary/aromatic N) is 3. The molecule has 0 saturated carbocycles. The van der Waals surface area contributed by atoms with Crippen LogP contribution in [0.2, 0.25) is 0 Å². The zero-order valence-electron chi connectivity index (χ0n) is 15.8. The molecule has 0 unspecified atom stereocenters. The van der Waals surface area contributed by atoms with Crippen LogP contribution in [0, 0.1) is 23.6 Å². The van der Waals surface area contributed by atoms with Crippen molar-refractivity contribution < 1.29 is 13.2 Å². The first-order chi connectivity index (χ1) is 14.3. The summed E-state index contributed by atoms with van der Waals surface area (Å²) in [5.74, 6) is -5.38. The van der Waals surface area contributed by atoms with Crippen LogP contribution in [0.15, 0.2) is 66.9 Å². The maximum absolute atomic E-state index is 15.2. The molecule has 2 heterocycles. The van der Waals surface area contributed by atoms with E-state index in [1.54, 1.807) is 31.3 Å². The number of hydrogen-bond acceptors (Lipinski definition) is 4. The van der Waals surface area contributed by atoms with Gasteiger partial charge in [0.15, 0.2) is 5.84 Å². The summed E-state index contributed by atoms with van der Waals surface area (Å²) in [4.78, 5) is 4.10. The lowest BCUT2D eigenvalue weighted by molar-refractivity contribution is 0.0697. The first-order valence-electron chi connectivity index (χ1n) is 9.01. The van der Waals surface area contributed by atoms with E-state index in [4.69, 9.17) is 10.8 Å². The number of aromatic nitrogens is 3. The van der Waals surface area contributed by atoms with Gasteiger partial charge < -0.3 is 0 Å². The summed E-state index contributed by atoms with van der Waals surface area (Å²) in [6, 6.07) is 14.1. The van der Waals surface area contributed by atoms with Gasteiger partial charge in [-0.1, -0.05) is 12.1 Å². The lowest BCUT2D eigenvalue weighted by Gasteiger charge is -2.19. The van der Waals surface area contributed by atoms with Crippen molar-refractivity contribution in [3.8, 4) is 11.3 Å². The second-order valence-electron chi connectivity index (χ2n) is 6.87. The molecule has 8 heteroatoms. The Kier molecular flexibility index (Phi) is 4.69. The highest BCUT2D eigenvalue weighted by Gasteiger charge is 2.39. The van der Waals surface area contributed by atoms with E-state index in [9.17, 15) is 4.39 Å². The Bertz CT molecular complexity index is 1320. The van der Waals surface area contributed by atoms with Crippen LogP contribution in [-0.2, 0) is 5.92 Å². The molecule has 0 radical (unpaired) electrons. The van der Waals surface area contributed by atoms with Crippen LogP contribution >= 0.6 is 0 Å². The van der Waals surface area contributed by atoms with E-state index >= 15 is 8.78 Å². The summed E-state index contributed by atoms with van der Waals surface area (Å²) >= 11 is 0. The zero-order valence-corrected chi connectivity index (χ0v) is 15.8. The molecule has 0 bridgehead atoms. The summed E-state index contributed by atoms with van der Waals surface area (Å²) < 4.78 is 44.6. The van der Waals surface area contributed by atoms with Gasteiger partial charge in [-0.2, -0.15) is 18.6 Å². The van der Waals surface area contributed by atoms with E-state index in [1.165, 1.54) is 42.5 Å². The number of benzene rings is 2. The smallest absolute Gasteiger partial charge is 0.283 e. The van der Waals surface area contributed by atoms with Gasteiger partial charge in [0.1, 0.15) is 11.3 Å². The van der Waals surface area contributed by atoms with Crippen molar-refractivity contribution in [1.29, 1.82) is 10.8 Å². The fourth-order valence-corrected chi connectivity index (χ4v) is 3.17. The molecule has 2 N–H and O–H groups in total. The highest BCUT2D eigenvalue weighted by Crippen LogP contribution is 2.31. The Morgan fingerprint density at radius 1 is 1.03 bits per heavy atom. The van der Waals surface area contributed by atoms with Crippen LogP contribution < -0.4 is 5.49 Å². The number of aryl methyl sites for hydroxylation is 1. The van der Waals surface area contributed by atoms with Crippen molar-refractivity contribution in [3.05, 3.63) is 89.3 Å². The van der Waals surface area contributed by atoms with Gasteiger partial charge >= 0.3 is 5.92 Å². The normalized spacial score (nSPS) is 11.6. The van der Waals surface area contributed by atoms with Crippen molar-refractivity contribution in [2.24, 2.45) is 0 Å². The Morgan fingerprint density at radius 3 is 2.60 bits per heavy atom. The summed E-state index contributed by atoms with van der Waals surface area (Å²) in [7, 11) is 0. The standard InChI is InChI=1S/C22H16F3N5/c1-13-9-15(12-17(23)10-13)19-6-7-20(26)30(29-19)21(27)22(24,25)16-4-5-18-14(11-16)3-2-8-28-18/h2-12,26-27H,1H3. The predicted octanol–water partition coefficient (Wildman–Crippen LogP) is 4.64. The van der Waals surface area contributed by atoms with Crippen LogP contribution in [0.3, 0.4) is 0 Å². The van der Waals surface area contributed by atoms with Crippen molar-refractivity contribution in [1.82, 2.24) is 14.8 Å². The second kappa shape index (κ2) is 7.22. The average molecular weight is 407 g/mol. The molecule has 0 saturated heterocycles. The number of rotatable bonds is 3. The quantitative estimate of drug-likeness (QED) is 0.383. The van der Waals surface area contributed by atoms with E-state index in [0.717, 1.165) is 0 Å². The molecule has 2 aromatic carbocycles. The van der Waals surface area contributed by atoms with Crippen LogP contribution in [-0.4, -0.2) is 20.6 Å². The van der Waals surface area contributed by atoms with Gasteiger partial charge in [-0.15, -0.1) is 0 Å². The number of nitrogens with one attached hydrogen (secondary N) is 2. The molecule has 0 amide bonds. The maximum Gasteiger partial charge on any atom is 0.331 e. The third kappa shape index (κ3) is 3.47. The van der Waals surface area contributed by atoms with E-state index in [-0.39, 0.29) is 11.2 Å². The highest BCUT2D eigenvalue weighted by molar-refractivity contribution is 5.90. The molecular weight excluding hydrogens is 391 g/mol. The first kappa shape index (κ1) is 19.5. The molecule has 150 valence electrons. The molecule has 2 aromatic heterocycles. The van der Waals surface area contributed by atoms with Crippen LogP contribution in [0.1, 0.15) is 11.1 Å². The number of fused-ring (bicyclic) bond motifs is 1. The Labute approximate surface area is 169 Å². The largest absolute Gasteiger partial charge is 0.331 e. The Hall–Kier alpha value is -3.81. The molecule has 5 nitrogen and oxygen atoms in total. The van der Waals surface area contributed by atoms with E-state index in [1.807, 2.05) is 0 Å². The minimum absolute atomic E-state index is 0.178. The van der Waals surface area contributed by atoms with Crippen molar-refractivity contribution >= 4 is 16.7 Å². The minimum Gasteiger partial charge on any atom is -0.283 e. The second-order valence-corrected chi connectivity index (χ2v) is 6.87. The van der Waals surface area contributed by atoms with Gasteiger partial charge in [0, 0.05) is 22.7 Å². The van der Waals surface area contributed by atoms with Gasteiger partial charge in [0.05, 0.1) is 11.2 Å². The summed E-state index contributed by atoms with van der Waals surface area (Å²) in [6.45, 7) is 1.70. The lowest BCUT2D eigenvalue weighted by atomic mass is 10.0. The molecule has 0 aliphatic heterocycles. The Balaban J connectivity index is 1.78. The number of hydrogen-bond donors (Lipinski definition) is 2. The summed E-state index contributed by atoms with van der Waals surface area (Å²) in [6.07, 6.45) is 1.56. The summed E-state index contributed by atoms with van der Waals surface area (Å²) in [5, 5.41) is 20.6. The highest BCUT2D eigenvalue weighted by atomic mass is 19.3. The van der Waals surface area contributed by atoms with Gasteiger partial charge in [-0.25, -0.2) is 4.39 Å². The van der Waals surface area contributed by atoms with Gasteiger partial charge in [0.25, 0.3) is 0 Å². The third-order valence-electron chi connectivity index (χ3n) is 4.65. The average Bonchev–Trinajstić information content (AvgIpc) is 2.72. The molecule has 4 aromatic rings. The van der Waals surface area contributed by atoms with Crippen LogP contribution in [0.4, 0.5) is 13.2 Å². The van der Waals surface area contributed by atoms with Crippen molar-refractivity contribution in [3.63, 3.8) is 0 Å². The number of halogens is 3. The molecule has 0 aliphatic rings. The molecule has 0 fully saturated rings. The SMILES string of the molecule is Cc1cc(F)cc(-c2ccc(=N)n(C(=N)C(F)(F)c3ccc4ncccc4c3)n2)c1. The minimum atomic E-state index is -3.71. The monoisotopic (exact) mass is 407 g/mol. The zero-order chi connectivity index (χ0) is 21.5. The van der Waals surface area contributed by atoms with E-state index in [2.05, 4.69) is 10.1 Å². The van der Waals surface area contributed by atoms with Crippen LogP contribution in [0.25, 0.3) is 22.2 Å². The maximum atomic E-state index is 15.2. The number of pyridine rings is 1. The van der Waals surface area contributed by atoms with Gasteiger partial charge in [-0.05, 0) is 61.0 Å². The van der Waals surface area contributed by atoms with Crippen LogP contribution in [0.5, 0.6) is 0 Å². The molecule has 30 heavy (non-hydrogen) atoms. The van der Waals surface area contributed by atoms with Crippen molar-refractivity contribution in [2.75, 3.05) is 0 Å². The fourth-order valence-electron chi connectivity index (χ4n) is 3.17. The third-order valence-corrected chi connectivity index (χ3v) is 4.65. The first-order valence-corrected chi connectivity index (χ1v) is 9.01. The number of alkyl halides is 2. The molecular formula is C22H16F3N5.